The number of amides is 2. The number of aliphatic hydroxyl groups excluding tert-OH is 1. The second-order valence-corrected chi connectivity index (χ2v) is 9.40. The topological polar surface area (TPSA) is 99.2 Å². The molecule has 1 heterocycles. The molecule has 2 amide bonds. The van der Waals surface area contributed by atoms with Crippen LogP contribution in [0.15, 0.2) is 42.5 Å². The highest BCUT2D eigenvalue weighted by Gasteiger charge is 2.31. The fraction of sp³-hybridized carbons (Fsp3) is 0.316. The Morgan fingerprint density at radius 2 is 1.83 bits per heavy atom. The number of urea groups is 1. The molecule has 0 spiro atoms. The summed E-state index contributed by atoms with van der Waals surface area (Å²) in [5.41, 5.74) is 1.06. The molecule has 1 atom stereocenters. The molecule has 0 saturated carbocycles. The molecule has 162 valence electrons. The minimum atomic E-state index is -3.35. The number of sulfonamides is 1. The number of nitrogens with zero attached hydrogens (tertiary/aromatic N) is 2. The molecule has 0 aromatic heterocycles. The minimum Gasteiger partial charge on any atom is -0.491 e. The zero-order valence-electron chi connectivity index (χ0n) is 16.1. The lowest BCUT2D eigenvalue weighted by atomic mass is 10.3. The Morgan fingerprint density at radius 1 is 1.13 bits per heavy atom. The first kappa shape index (κ1) is 22.5. The van der Waals surface area contributed by atoms with Gasteiger partial charge in [-0.1, -0.05) is 23.2 Å². The minimum absolute atomic E-state index is 0.0184. The van der Waals surface area contributed by atoms with Gasteiger partial charge in [-0.15, -0.1) is 0 Å². The van der Waals surface area contributed by atoms with Gasteiger partial charge in [0.05, 0.1) is 22.8 Å². The first-order chi connectivity index (χ1) is 14.1. The highest BCUT2D eigenvalue weighted by molar-refractivity contribution is 7.92. The van der Waals surface area contributed by atoms with E-state index in [4.69, 9.17) is 27.9 Å². The lowest BCUT2D eigenvalue weighted by Crippen LogP contribution is -2.39. The average Bonchev–Trinajstić information content (AvgIpc) is 3.02. The van der Waals surface area contributed by atoms with Gasteiger partial charge in [0.25, 0.3) is 0 Å². The van der Waals surface area contributed by atoms with Crippen LogP contribution in [0.2, 0.25) is 10.0 Å². The Bertz CT molecular complexity index is 1020. The molecule has 8 nitrogen and oxygen atoms in total. The molecule has 30 heavy (non-hydrogen) atoms. The third-order valence-electron chi connectivity index (χ3n) is 4.34. The molecule has 0 radical (unpaired) electrons. The van der Waals surface area contributed by atoms with E-state index in [1.54, 1.807) is 47.4 Å². The van der Waals surface area contributed by atoms with E-state index in [1.165, 1.54) is 4.90 Å². The van der Waals surface area contributed by atoms with E-state index >= 15 is 0 Å². The van der Waals surface area contributed by atoms with Crippen molar-refractivity contribution in [3.8, 4) is 5.75 Å². The van der Waals surface area contributed by atoms with Crippen molar-refractivity contribution in [2.45, 2.75) is 6.10 Å². The summed E-state index contributed by atoms with van der Waals surface area (Å²) < 4.78 is 30.3. The molecule has 2 aromatic rings. The highest BCUT2D eigenvalue weighted by atomic mass is 35.5. The first-order valence-corrected chi connectivity index (χ1v) is 11.7. The predicted octanol–water partition coefficient (Wildman–Crippen LogP) is 3.05. The first-order valence-electron chi connectivity index (χ1n) is 9.02. The zero-order chi connectivity index (χ0) is 21.9. The fourth-order valence-electron chi connectivity index (χ4n) is 2.98. The zero-order valence-corrected chi connectivity index (χ0v) is 18.4. The Morgan fingerprint density at radius 3 is 2.47 bits per heavy atom. The van der Waals surface area contributed by atoms with E-state index in [1.807, 2.05) is 0 Å². The van der Waals surface area contributed by atoms with Crippen molar-refractivity contribution in [2.75, 3.05) is 42.1 Å². The van der Waals surface area contributed by atoms with Crippen molar-refractivity contribution in [1.82, 2.24) is 4.90 Å². The van der Waals surface area contributed by atoms with E-state index in [0.717, 1.165) is 6.26 Å². The van der Waals surface area contributed by atoms with Crippen molar-refractivity contribution < 1.29 is 23.1 Å². The van der Waals surface area contributed by atoms with Crippen molar-refractivity contribution in [2.24, 2.45) is 0 Å². The monoisotopic (exact) mass is 473 g/mol. The van der Waals surface area contributed by atoms with E-state index in [9.17, 15) is 18.3 Å². The van der Waals surface area contributed by atoms with E-state index in [2.05, 4.69) is 4.72 Å². The maximum atomic E-state index is 12.6. The molecule has 0 aliphatic carbocycles. The second kappa shape index (κ2) is 9.30. The number of carbonyl (C=O) groups is 1. The van der Waals surface area contributed by atoms with Gasteiger partial charge in [0, 0.05) is 24.5 Å². The van der Waals surface area contributed by atoms with Gasteiger partial charge in [-0.25, -0.2) is 13.2 Å². The Balaban J connectivity index is 1.51. The van der Waals surface area contributed by atoms with Crippen LogP contribution in [-0.4, -0.2) is 63.1 Å². The van der Waals surface area contributed by atoms with Crippen LogP contribution in [-0.2, 0) is 10.0 Å². The molecule has 3 rings (SSSR count). The van der Waals surface area contributed by atoms with Crippen LogP contribution in [0.5, 0.6) is 5.75 Å². The highest BCUT2D eigenvalue weighted by Crippen LogP contribution is 2.29. The summed E-state index contributed by atoms with van der Waals surface area (Å²) in [6.45, 7) is 1.03. The summed E-state index contributed by atoms with van der Waals surface area (Å²) in [5, 5.41) is 11.0. The molecule has 1 aliphatic heterocycles. The van der Waals surface area contributed by atoms with Crippen molar-refractivity contribution in [3.05, 3.63) is 52.5 Å². The van der Waals surface area contributed by atoms with Gasteiger partial charge >= 0.3 is 6.03 Å². The summed E-state index contributed by atoms with van der Waals surface area (Å²) in [4.78, 5) is 15.7. The van der Waals surface area contributed by atoms with Gasteiger partial charge in [-0.2, -0.15) is 0 Å². The number of rotatable bonds is 8. The lowest BCUT2D eigenvalue weighted by molar-refractivity contribution is 0.0829. The Hall–Kier alpha value is -2.20. The van der Waals surface area contributed by atoms with Crippen LogP contribution >= 0.6 is 23.2 Å². The summed E-state index contributed by atoms with van der Waals surface area (Å²) in [5.74, 6) is 0.471. The molecule has 1 fully saturated rings. The molecular formula is C19H21Cl2N3O5S. The third kappa shape index (κ3) is 5.91. The smallest absolute Gasteiger partial charge is 0.324 e. The number of hydrogen-bond donors (Lipinski definition) is 2. The maximum Gasteiger partial charge on any atom is 0.324 e. The van der Waals surface area contributed by atoms with E-state index in [-0.39, 0.29) is 19.2 Å². The van der Waals surface area contributed by atoms with Crippen LogP contribution in [0, 0.1) is 0 Å². The quantitative estimate of drug-likeness (QED) is 0.613. The van der Waals surface area contributed by atoms with Gasteiger partial charge < -0.3 is 14.7 Å². The van der Waals surface area contributed by atoms with Crippen LogP contribution < -0.4 is 14.4 Å². The maximum absolute atomic E-state index is 12.6. The van der Waals surface area contributed by atoms with E-state index < -0.39 is 16.1 Å². The number of hydrogen-bond acceptors (Lipinski definition) is 5. The number of halogens is 2. The number of carbonyl (C=O) groups excluding carboxylic acids is 1. The van der Waals surface area contributed by atoms with Crippen molar-refractivity contribution >= 4 is 50.6 Å². The average molecular weight is 474 g/mol. The Kier molecular flexibility index (Phi) is 6.97. The molecule has 0 unspecified atom stereocenters. The largest absolute Gasteiger partial charge is 0.491 e. The molecule has 2 N–H and O–H groups in total. The SMILES string of the molecule is CS(=O)(=O)Nc1ccc(OC[C@@H](O)CN2CCN(c3ccc(Cl)c(Cl)c3)C2=O)cc1. The number of nitrogens with one attached hydrogen (secondary N) is 1. The van der Waals surface area contributed by atoms with Gasteiger partial charge in [0.15, 0.2) is 0 Å². The van der Waals surface area contributed by atoms with Crippen LogP contribution in [0.1, 0.15) is 0 Å². The van der Waals surface area contributed by atoms with Crippen LogP contribution in [0.3, 0.4) is 0 Å². The standard InChI is InChI=1S/C19H21Cl2N3O5S/c1-30(27,28)22-13-2-5-16(6-3-13)29-12-15(25)11-23-8-9-24(19(23)26)14-4-7-17(20)18(21)10-14/h2-7,10,15,22,25H,8-9,11-12H2,1H3/t15-/m0/s1. The van der Waals surface area contributed by atoms with Gasteiger partial charge in [0.2, 0.25) is 10.0 Å². The summed E-state index contributed by atoms with van der Waals surface area (Å²) >= 11 is 11.9. The fourth-order valence-corrected chi connectivity index (χ4v) is 3.83. The summed E-state index contributed by atoms with van der Waals surface area (Å²) in [7, 11) is -3.35. The van der Waals surface area contributed by atoms with Crippen LogP contribution in [0.25, 0.3) is 0 Å². The van der Waals surface area contributed by atoms with E-state index in [0.29, 0.717) is 40.3 Å². The number of anilines is 2. The van der Waals surface area contributed by atoms with Crippen molar-refractivity contribution in [3.63, 3.8) is 0 Å². The lowest BCUT2D eigenvalue weighted by Gasteiger charge is -2.21. The van der Waals surface area contributed by atoms with Crippen molar-refractivity contribution in [1.29, 1.82) is 0 Å². The Labute approximate surface area is 185 Å². The van der Waals surface area contributed by atoms with Gasteiger partial charge in [-0.05, 0) is 42.5 Å². The molecule has 1 saturated heterocycles. The molecule has 0 bridgehead atoms. The van der Waals surface area contributed by atoms with Gasteiger partial charge in [0.1, 0.15) is 18.5 Å². The van der Waals surface area contributed by atoms with Gasteiger partial charge in [-0.3, -0.25) is 9.62 Å². The molecule has 1 aliphatic rings. The summed E-state index contributed by atoms with van der Waals surface area (Å²) in [6, 6.07) is 11.0. The third-order valence-corrected chi connectivity index (χ3v) is 5.69. The number of ether oxygens (including phenoxy) is 1. The normalized spacial score (nSPS) is 15.4. The summed E-state index contributed by atoms with van der Waals surface area (Å²) in [6.07, 6.45) is 0.173. The number of β-amino-alcohol motifs (C(OH)–C–C–N with tert-alkyl or cyclic N) is 1. The predicted molar refractivity (Wildman–Crippen MR) is 117 cm³/mol. The van der Waals surface area contributed by atoms with Crippen LogP contribution in [0.4, 0.5) is 16.2 Å². The number of benzene rings is 2. The second-order valence-electron chi connectivity index (χ2n) is 6.84. The number of aliphatic hydroxyl groups is 1. The molecule has 2 aromatic carbocycles. The molecular weight excluding hydrogens is 453 g/mol. The molecule has 11 heteroatoms.